The van der Waals surface area contributed by atoms with Gasteiger partial charge in [0.2, 0.25) is 0 Å². The van der Waals surface area contributed by atoms with Gasteiger partial charge in [0.1, 0.15) is 0 Å². The van der Waals surface area contributed by atoms with Crippen LogP contribution < -0.4 is 0 Å². The molecule has 4 rings (SSSR count). The van der Waals surface area contributed by atoms with Crippen molar-refractivity contribution in [2.45, 2.75) is 32.4 Å². The molecular formula is C20H22N4. The lowest BCUT2D eigenvalue weighted by Gasteiger charge is -2.26. The van der Waals surface area contributed by atoms with Crippen LogP contribution in [-0.4, -0.2) is 26.2 Å². The van der Waals surface area contributed by atoms with E-state index >= 15 is 0 Å². The number of hydrogen-bond donors (Lipinski definition) is 0. The Morgan fingerprint density at radius 3 is 2.83 bits per heavy atom. The first-order valence-corrected chi connectivity index (χ1v) is 8.56. The van der Waals surface area contributed by atoms with E-state index in [1.807, 2.05) is 35.4 Å². The van der Waals surface area contributed by atoms with Gasteiger partial charge in [-0.1, -0.05) is 24.3 Å². The van der Waals surface area contributed by atoms with Gasteiger partial charge in [0, 0.05) is 25.1 Å². The molecule has 0 bridgehead atoms. The Kier molecular flexibility index (Phi) is 4.13. The zero-order valence-corrected chi connectivity index (χ0v) is 14.0. The molecule has 1 fully saturated rings. The van der Waals surface area contributed by atoms with Crippen LogP contribution in [0.4, 0.5) is 0 Å². The normalized spacial score (nSPS) is 18.1. The highest BCUT2D eigenvalue weighted by Gasteiger charge is 2.28. The van der Waals surface area contributed by atoms with E-state index in [1.54, 1.807) is 0 Å². The molecule has 0 N–H and O–H groups in total. The average Bonchev–Trinajstić information content (AvgIpc) is 3.28. The number of aromatic nitrogens is 3. The van der Waals surface area contributed by atoms with E-state index in [0.29, 0.717) is 6.04 Å². The average molecular weight is 318 g/mol. The van der Waals surface area contributed by atoms with E-state index in [0.717, 1.165) is 18.8 Å². The Hall–Kier alpha value is -2.46. The highest BCUT2D eigenvalue weighted by Crippen LogP contribution is 2.34. The zero-order chi connectivity index (χ0) is 16.4. The van der Waals surface area contributed by atoms with Crippen molar-refractivity contribution >= 4 is 0 Å². The lowest BCUT2D eigenvalue weighted by molar-refractivity contribution is 0.243. The lowest BCUT2D eigenvalue weighted by atomic mass is 10.0. The molecular weight excluding hydrogens is 296 g/mol. The van der Waals surface area contributed by atoms with Crippen LogP contribution in [0.15, 0.2) is 61.1 Å². The molecule has 1 aliphatic rings. The van der Waals surface area contributed by atoms with E-state index in [1.165, 1.54) is 29.7 Å². The Labute approximate surface area is 142 Å². The number of nitrogens with zero attached hydrogens (tertiary/aromatic N) is 4. The molecule has 4 nitrogen and oxygen atoms in total. The van der Waals surface area contributed by atoms with E-state index in [-0.39, 0.29) is 0 Å². The van der Waals surface area contributed by atoms with Gasteiger partial charge in [0.15, 0.2) is 0 Å². The zero-order valence-electron chi connectivity index (χ0n) is 14.0. The summed E-state index contributed by atoms with van der Waals surface area (Å²) in [7, 11) is 0. The summed E-state index contributed by atoms with van der Waals surface area (Å²) in [6, 6.07) is 15.1. The van der Waals surface area contributed by atoms with Crippen molar-refractivity contribution in [2.24, 2.45) is 0 Å². The maximum Gasteiger partial charge on any atom is 0.0690 e. The van der Waals surface area contributed by atoms with Gasteiger partial charge in [-0.3, -0.25) is 9.88 Å². The number of likely N-dealkylation sites (tertiary alicyclic amines) is 1. The van der Waals surface area contributed by atoms with E-state index in [4.69, 9.17) is 0 Å². The third-order valence-electron chi connectivity index (χ3n) is 4.85. The summed E-state index contributed by atoms with van der Waals surface area (Å²) >= 11 is 0. The van der Waals surface area contributed by atoms with Crippen LogP contribution in [0.3, 0.4) is 0 Å². The van der Waals surface area contributed by atoms with Crippen molar-refractivity contribution in [3.63, 3.8) is 0 Å². The van der Waals surface area contributed by atoms with Crippen molar-refractivity contribution in [3.05, 3.63) is 77.9 Å². The fourth-order valence-electron chi connectivity index (χ4n) is 3.67. The van der Waals surface area contributed by atoms with Gasteiger partial charge in [0.05, 0.1) is 17.4 Å². The quantitative estimate of drug-likeness (QED) is 0.731. The molecule has 1 aliphatic heterocycles. The van der Waals surface area contributed by atoms with Gasteiger partial charge in [-0.15, -0.1) is 0 Å². The Morgan fingerprint density at radius 1 is 1.08 bits per heavy atom. The maximum atomic E-state index is 4.67. The van der Waals surface area contributed by atoms with Gasteiger partial charge in [0.25, 0.3) is 0 Å². The number of para-hydroxylation sites is 1. The highest BCUT2D eigenvalue weighted by atomic mass is 15.3. The Morgan fingerprint density at radius 2 is 2.00 bits per heavy atom. The molecule has 24 heavy (non-hydrogen) atoms. The molecule has 0 aliphatic carbocycles. The first-order valence-electron chi connectivity index (χ1n) is 8.56. The van der Waals surface area contributed by atoms with Crippen molar-refractivity contribution < 1.29 is 0 Å². The van der Waals surface area contributed by atoms with Crippen molar-refractivity contribution in [3.8, 4) is 5.69 Å². The largest absolute Gasteiger partial charge is 0.290 e. The van der Waals surface area contributed by atoms with E-state index < -0.39 is 0 Å². The van der Waals surface area contributed by atoms with E-state index in [2.05, 4.69) is 52.2 Å². The molecule has 4 heteroatoms. The molecule has 122 valence electrons. The molecule has 3 aromatic rings. The topological polar surface area (TPSA) is 34.0 Å². The van der Waals surface area contributed by atoms with Gasteiger partial charge in [-0.2, -0.15) is 5.10 Å². The second-order valence-electron chi connectivity index (χ2n) is 6.41. The van der Waals surface area contributed by atoms with Gasteiger partial charge in [-0.25, -0.2) is 4.68 Å². The van der Waals surface area contributed by atoms with Crippen molar-refractivity contribution in [2.75, 3.05) is 6.54 Å². The monoisotopic (exact) mass is 318 g/mol. The van der Waals surface area contributed by atoms with Gasteiger partial charge in [-0.05, 0) is 55.6 Å². The predicted molar refractivity (Wildman–Crippen MR) is 94.9 cm³/mol. The number of hydrogen-bond acceptors (Lipinski definition) is 3. The fourth-order valence-corrected chi connectivity index (χ4v) is 3.67. The smallest absolute Gasteiger partial charge is 0.0690 e. The van der Waals surface area contributed by atoms with Crippen molar-refractivity contribution in [1.82, 2.24) is 19.7 Å². The summed E-state index contributed by atoms with van der Waals surface area (Å²) in [6.45, 7) is 4.21. The standard InChI is InChI=1S/C20H22N4/c1-16-7-4-11-21-20(16)19-10-5-13-23(19)15-17-8-2-3-9-18(17)24-14-6-12-22-24/h2-4,6-9,11-12,14,19H,5,10,13,15H2,1H3. The maximum absolute atomic E-state index is 4.67. The predicted octanol–water partition coefficient (Wildman–Crippen LogP) is 3.91. The summed E-state index contributed by atoms with van der Waals surface area (Å²) in [6.07, 6.45) is 8.15. The van der Waals surface area contributed by atoms with Crippen molar-refractivity contribution in [1.29, 1.82) is 0 Å². The molecule has 0 spiro atoms. The number of pyridine rings is 1. The molecule has 3 heterocycles. The Bertz CT molecular complexity index is 810. The first kappa shape index (κ1) is 15.1. The number of aryl methyl sites for hydroxylation is 1. The van der Waals surface area contributed by atoms with Crippen LogP contribution in [0.1, 0.15) is 35.7 Å². The summed E-state index contributed by atoms with van der Waals surface area (Å²) in [4.78, 5) is 7.22. The number of benzene rings is 1. The van der Waals surface area contributed by atoms with Gasteiger partial charge >= 0.3 is 0 Å². The molecule has 2 aromatic heterocycles. The molecule has 0 saturated carbocycles. The molecule has 1 saturated heterocycles. The lowest BCUT2D eigenvalue weighted by Crippen LogP contribution is -2.24. The Balaban J connectivity index is 1.63. The molecule has 1 unspecified atom stereocenters. The molecule has 0 radical (unpaired) electrons. The second-order valence-corrected chi connectivity index (χ2v) is 6.41. The minimum Gasteiger partial charge on any atom is -0.290 e. The SMILES string of the molecule is Cc1cccnc1C1CCCN1Cc1ccccc1-n1cccn1. The van der Waals surface area contributed by atoms with Crippen LogP contribution in [0.5, 0.6) is 0 Å². The fraction of sp³-hybridized carbons (Fsp3) is 0.300. The minimum atomic E-state index is 0.414. The molecule has 1 atom stereocenters. The second kappa shape index (κ2) is 6.57. The minimum absolute atomic E-state index is 0.414. The summed E-state index contributed by atoms with van der Waals surface area (Å²) < 4.78 is 1.95. The number of rotatable bonds is 4. The third kappa shape index (κ3) is 2.85. The van der Waals surface area contributed by atoms with Crippen LogP contribution in [0.2, 0.25) is 0 Å². The summed E-state index contributed by atoms with van der Waals surface area (Å²) in [5.41, 5.74) is 4.98. The van der Waals surface area contributed by atoms with E-state index in [9.17, 15) is 0 Å². The third-order valence-corrected chi connectivity index (χ3v) is 4.85. The molecule has 0 amide bonds. The van der Waals surface area contributed by atoms with Crippen LogP contribution >= 0.6 is 0 Å². The first-order chi connectivity index (χ1) is 11.8. The summed E-state index contributed by atoms with van der Waals surface area (Å²) in [5, 5.41) is 4.40. The van der Waals surface area contributed by atoms with Gasteiger partial charge < -0.3 is 0 Å². The summed E-state index contributed by atoms with van der Waals surface area (Å²) in [5.74, 6) is 0. The van der Waals surface area contributed by atoms with Crippen LogP contribution in [-0.2, 0) is 6.54 Å². The highest BCUT2D eigenvalue weighted by molar-refractivity contribution is 5.40. The van der Waals surface area contributed by atoms with Crippen LogP contribution in [0.25, 0.3) is 5.69 Å². The van der Waals surface area contributed by atoms with Crippen LogP contribution in [0, 0.1) is 6.92 Å². The molecule has 1 aromatic carbocycles.